The second kappa shape index (κ2) is 10.6. The van der Waals surface area contributed by atoms with Crippen molar-refractivity contribution in [2.75, 3.05) is 7.11 Å². The molecule has 8 heteroatoms. The molecule has 5 nitrogen and oxygen atoms in total. The summed E-state index contributed by atoms with van der Waals surface area (Å²) in [6.07, 6.45) is 1.85. The molecule has 1 aliphatic heterocycles. The molecular weight excluding hydrogens is 467 g/mol. The van der Waals surface area contributed by atoms with Crippen LogP contribution in [0.15, 0.2) is 46.3 Å². The highest BCUT2D eigenvalue weighted by molar-refractivity contribution is 8.18. The Morgan fingerprint density at radius 3 is 2.47 bits per heavy atom. The van der Waals surface area contributed by atoms with E-state index >= 15 is 0 Å². The normalized spacial score (nSPS) is 16.7. The number of carbonyl (C=O) groups excluding carboxylic acids is 1. The average Bonchev–Trinajstić information content (AvgIpc) is 3.02. The van der Waals surface area contributed by atoms with Gasteiger partial charge in [-0.05, 0) is 75.4 Å². The van der Waals surface area contributed by atoms with Crippen LogP contribution in [0.5, 0.6) is 11.5 Å². The van der Waals surface area contributed by atoms with Crippen molar-refractivity contribution in [2.24, 2.45) is 4.99 Å². The number of methoxy groups -OCH3 is 1. The molecule has 0 radical (unpaired) electrons. The molecule has 0 aliphatic carbocycles. The van der Waals surface area contributed by atoms with Crippen LogP contribution in [0, 0.1) is 0 Å². The number of amidine groups is 1. The van der Waals surface area contributed by atoms with Gasteiger partial charge in [-0.25, -0.2) is 0 Å². The van der Waals surface area contributed by atoms with Crippen molar-refractivity contribution in [1.29, 1.82) is 0 Å². The third-order valence-electron chi connectivity index (χ3n) is 4.61. The number of carbonyl (C=O) groups is 1. The van der Waals surface area contributed by atoms with Crippen molar-refractivity contribution in [3.8, 4) is 11.5 Å². The molecule has 1 heterocycles. The van der Waals surface area contributed by atoms with Crippen LogP contribution in [0.2, 0.25) is 10.0 Å². The van der Waals surface area contributed by atoms with Crippen LogP contribution >= 0.6 is 35.0 Å². The van der Waals surface area contributed by atoms with Crippen LogP contribution in [0.25, 0.3) is 6.08 Å². The number of benzene rings is 2. The molecule has 1 aliphatic rings. The van der Waals surface area contributed by atoms with E-state index in [0.717, 1.165) is 16.3 Å². The number of aliphatic imine (C=N–C) groups is 1. The first-order valence-corrected chi connectivity index (χ1v) is 11.8. The second-order valence-corrected chi connectivity index (χ2v) is 9.67. The quantitative estimate of drug-likeness (QED) is 0.404. The summed E-state index contributed by atoms with van der Waals surface area (Å²) in [5, 5.41) is 1.85. The number of amides is 1. The van der Waals surface area contributed by atoms with Crippen molar-refractivity contribution in [3.05, 3.63) is 62.5 Å². The molecule has 0 bridgehead atoms. The van der Waals surface area contributed by atoms with Gasteiger partial charge in [0.2, 0.25) is 0 Å². The highest BCUT2D eigenvalue weighted by Crippen LogP contribution is 2.36. The minimum atomic E-state index is -0.0407. The fourth-order valence-electron chi connectivity index (χ4n) is 3.09. The molecule has 170 valence electrons. The zero-order chi connectivity index (χ0) is 23.4. The zero-order valence-electron chi connectivity index (χ0n) is 18.7. The molecule has 1 amide bonds. The molecule has 0 saturated carbocycles. The largest absolute Gasteiger partial charge is 0.493 e. The molecule has 0 unspecified atom stereocenters. The molecule has 32 heavy (non-hydrogen) atoms. The van der Waals surface area contributed by atoms with Gasteiger partial charge in [-0.3, -0.25) is 14.7 Å². The van der Waals surface area contributed by atoms with E-state index in [4.69, 9.17) is 32.7 Å². The summed E-state index contributed by atoms with van der Waals surface area (Å²) in [7, 11) is 1.58. The smallest absolute Gasteiger partial charge is 0.266 e. The molecule has 0 spiro atoms. The van der Waals surface area contributed by atoms with E-state index in [9.17, 15) is 4.79 Å². The fraction of sp³-hybridized carbons (Fsp3) is 0.333. The number of hydrogen-bond donors (Lipinski definition) is 0. The van der Waals surface area contributed by atoms with Crippen LogP contribution in [0.3, 0.4) is 0 Å². The Morgan fingerprint density at radius 2 is 1.84 bits per heavy atom. The summed E-state index contributed by atoms with van der Waals surface area (Å²) < 4.78 is 11.4. The Balaban J connectivity index is 1.82. The summed E-state index contributed by atoms with van der Waals surface area (Å²) in [4.78, 5) is 19.9. The number of hydrogen-bond acceptors (Lipinski definition) is 5. The van der Waals surface area contributed by atoms with Crippen LogP contribution in [-0.4, -0.2) is 35.2 Å². The van der Waals surface area contributed by atoms with E-state index in [0.29, 0.717) is 26.4 Å². The fourth-order valence-corrected chi connectivity index (χ4v) is 4.79. The Hall–Kier alpha value is -2.15. The van der Waals surface area contributed by atoms with Gasteiger partial charge in [0.1, 0.15) is 6.61 Å². The Morgan fingerprint density at radius 1 is 1.09 bits per heavy atom. The monoisotopic (exact) mass is 492 g/mol. The van der Waals surface area contributed by atoms with E-state index < -0.39 is 0 Å². The Kier molecular flexibility index (Phi) is 8.15. The van der Waals surface area contributed by atoms with Crippen molar-refractivity contribution in [1.82, 2.24) is 4.90 Å². The lowest BCUT2D eigenvalue weighted by Gasteiger charge is -2.20. The lowest BCUT2D eigenvalue weighted by molar-refractivity contribution is -0.123. The lowest BCUT2D eigenvalue weighted by Crippen LogP contribution is -2.35. The van der Waals surface area contributed by atoms with Crippen molar-refractivity contribution in [3.63, 3.8) is 0 Å². The lowest BCUT2D eigenvalue weighted by atomic mass is 10.1. The van der Waals surface area contributed by atoms with Crippen LogP contribution in [0.4, 0.5) is 0 Å². The molecule has 0 N–H and O–H groups in total. The van der Waals surface area contributed by atoms with Crippen LogP contribution in [0.1, 0.15) is 38.8 Å². The van der Waals surface area contributed by atoms with Gasteiger partial charge in [0.15, 0.2) is 16.7 Å². The summed E-state index contributed by atoms with van der Waals surface area (Å²) >= 11 is 13.6. The van der Waals surface area contributed by atoms with E-state index in [1.807, 2.05) is 58.0 Å². The molecule has 3 rings (SSSR count). The molecule has 0 atom stereocenters. The van der Waals surface area contributed by atoms with E-state index in [2.05, 4.69) is 4.99 Å². The predicted octanol–water partition coefficient (Wildman–Crippen LogP) is 6.67. The molecule has 1 fully saturated rings. The standard InChI is InChI=1S/C24H26Cl2N2O3S/c1-14(2)27-24-28(15(3)4)23(29)22(32-24)11-16-6-9-20(21(10-16)30-5)31-13-17-7-8-18(25)12-19(17)26/h6-12,14-15H,13H2,1-5H3/b22-11+,27-24?. The highest BCUT2D eigenvalue weighted by Gasteiger charge is 2.35. The first kappa shape index (κ1) is 24.5. The molecule has 0 aromatic heterocycles. The van der Waals surface area contributed by atoms with Gasteiger partial charge in [-0.2, -0.15) is 0 Å². The Labute approximate surface area is 203 Å². The zero-order valence-corrected chi connectivity index (χ0v) is 21.0. The number of halogens is 2. The summed E-state index contributed by atoms with van der Waals surface area (Å²) in [6.45, 7) is 8.25. The number of rotatable bonds is 7. The van der Waals surface area contributed by atoms with E-state index in [1.165, 1.54) is 11.8 Å². The first-order chi connectivity index (χ1) is 15.2. The maximum Gasteiger partial charge on any atom is 0.266 e. The van der Waals surface area contributed by atoms with Crippen molar-refractivity contribution < 1.29 is 14.3 Å². The van der Waals surface area contributed by atoms with E-state index in [1.54, 1.807) is 24.1 Å². The van der Waals surface area contributed by atoms with Gasteiger partial charge in [0, 0.05) is 27.7 Å². The minimum Gasteiger partial charge on any atom is -0.493 e. The van der Waals surface area contributed by atoms with Gasteiger partial charge in [-0.15, -0.1) is 0 Å². The van der Waals surface area contributed by atoms with Crippen LogP contribution in [-0.2, 0) is 11.4 Å². The molecule has 2 aromatic carbocycles. The van der Waals surface area contributed by atoms with Crippen molar-refractivity contribution >= 4 is 52.1 Å². The highest BCUT2D eigenvalue weighted by atomic mass is 35.5. The minimum absolute atomic E-state index is 0.0309. The summed E-state index contributed by atoms with van der Waals surface area (Å²) in [6, 6.07) is 11.0. The van der Waals surface area contributed by atoms with Gasteiger partial charge in [-0.1, -0.05) is 35.3 Å². The van der Waals surface area contributed by atoms with Gasteiger partial charge >= 0.3 is 0 Å². The van der Waals surface area contributed by atoms with Gasteiger partial charge in [0.05, 0.1) is 12.0 Å². The summed E-state index contributed by atoms with van der Waals surface area (Å²) in [5.41, 5.74) is 1.66. The maximum absolute atomic E-state index is 13.0. The molecule has 2 aromatic rings. The Bertz CT molecular complexity index is 1070. The SMILES string of the molecule is COc1cc(/C=C2/SC(=NC(C)C)N(C(C)C)C2=O)ccc1OCc1ccc(Cl)cc1Cl. The predicted molar refractivity (Wildman–Crippen MR) is 134 cm³/mol. The van der Waals surface area contributed by atoms with Gasteiger partial charge in [0.25, 0.3) is 5.91 Å². The topological polar surface area (TPSA) is 51.1 Å². The number of thioether (sulfide) groups is 1. The molecular formula is C24H26Cl2N2O3S. The summed E-state index contributed by atoms with van der Waals surface area (Å²) in [5.74, 6) is 1.11. The number of nitrogens with zero attached hydrogens (tertiary/aromatic N) is 2. The third-order valence-corrected chi connectivity index (χ3v) is 6.19. The second-order valence-electron chi connectivity index (χ2n) is 7.82. The van der Waals surface area contributed by atoms with Gasteiger partial charge < -0.3 is 9.47 Å². The average molecular weight is 493 g/mol. The van der Waals surface area contributed by atoms with Crippen molar-refractivity contribution in [2.45, 2.75) is 46.4 Å². The maximum atomic E-state index is 13.0. The molecule has 1 saturated heterocycles. The van der Waals surface area contributed by atoms with E-state index in [-0.39, 0.29) is 24.6 Å². The number of ether oxygens (including phenoxy) is 2. The van der Waals surface area contributed by atoms with Crippen LogP contribution < -0.4 is 9.47 Å². The first-order valence-electron chi connectivity index (χ1n) is 10.2. The third kappa shape index (κ3) is 5.80.